The quantitative estimate of drug-likeness (QED) is 0.533. The van der Waals surface area contributed by atoms with Crippen LogP contribution in [-0.4, -0.2) is 13.1 Å². The van der Waals surface area contributed by atoms with E-state index in [1.165, 1.54) is 19.2 Å². The summed E-state index contributed by atoms with van der Waals surface area (Å²) in [7, 11) is 1.32. The zero-order valence-corrected chi connectivity index (χ0v) is 8.08. The molecule has 2 nitrogen and oxygen atoms in total. The van der Waals surface area contributed by atoms with Crippen LogP contribution in [0.25, 0.3) is 6.08 Å². The zero-order valence-electron chi connectivity index (χ0n) is 8.08. The summed E-state index contributed by atoms with van der Waals surface area (Å²) in [6, 6.07) is 5.89. The fourth-order valence-corrected chi connectivity index (χ4v) is 1.03. The van der Waals surface area contributed by atoms with Crippen LogP contribution in [0.4, 0.5) is 4.39 Å². The summed E-state index contributed by atoms with van der Waals surface area (Å²) in [5.41, 5.74) is 1.26. The summed E-state index contributed by atoms with van der Waals surface area (Å²) in [5.74, 6) is -0.674. The molecule has 0 aromatic heterocycles. The van der Waals surface area contributed by atoms with Crippen molar-refractivity contribution < 1.29 is 13.9 Å². The molecule has 0 unspecified atom stereocenters. The van der Waals surface area contributed by atoms with Gasteiger partial charge in [0.15, 0.2) is 0 Å². The number of methoxy groups -OCH3 is 1. The molecule has 0 fully saturated rings. The van der Waals surface area contributed by atoms with Gasteiger partial charge in [-0.3, -0.25) is 0 Å². The van der Waals surface area contributed by atoms with Gasteiger partial charge < -0.3 is 4.74 Å². The Bertz CT molecular complexity index is 352. The van der Waals surface area contributed by atoms with E-state index in [1.54, 1.807) is 25.1 Å². The maximum atomic E-state index is 12.5. The summed E-state index contributed by atoms with van der Waals surface area (Å²) in [5, 5.41) is 0. The van der Waals surface area contributed by atoms with E-state index in [1.807, 2.05) is 0 Å². The van der Waals surface area contributed by atoms with Crippen LogP contribution in [0, 0.1) is 5.82 Å². The molecule has 0 aliphatic rings. The summed E-state index contributed by atoms with van der Waals surface area (Å²) in [6.45, 7) is 1.65. The predicted octanol–water partition coefficient (Wildman–Crippen LogP) is 2.40. The smallest absolute Gasteiger partial charge is 0.333 e. The third-order valence-electron chi connectivity index (χ3n) is 1.76. The lowest BCUT2D eigenvalue weighted by Crippen LogP contribution is -2.00. The number of hydrogen-bond acceptors (Lipinski definition) is 2. The van der Waals surface area contributed by atoms with Crippen LogP contribution in [0.1, 0.15) is 12.5 Å². The number of carbonyl (C=O) groups is 1. The molecule has 1 aromatic rings. The molecule has 0 saturated heterocycles. The van der Waals surface area contributed by atoms with Crippen LogP contribution in [0.2, 0.25) is 0 Å². The first-order valence-corrected chi connectivity index (χ1v) is 4.15. The molecule has 0 N–H and O–H groups in total. The molecule has 1 rings (SSSR count). The van der Waals surface area contributed by atoms with Gasteiger partial charge in [0.05, 0.1) is 7.11 Å². The van der Waals surface area contributed by atoms with Gasteiger partial charge in [0.25, 0.3) is 0 Å². The van der Waals surface area contributed by atoms with E-state index in [0.717, 1.165) is 5.56 Å². The Balaban J connectivity index is 2.86. The van der Waals surface area contributed by atoms with E-state index in [-0.39, 0.29) is 11.8 Å². The van der Waals surface area contributed by atoms with Crippen LogP contribution in [0.5, 0.6) is 0 Å². The fraction of sp³-hybridized carbons (Fsp3) is 0.182. The molecule has 1 aromatic carbocycles. The van der Waals surface area contributed by atoms with Crippen LogP contribution >= 0.6 is 0 Å². The van der Waals surface area contributed by atoms with Gasteiger partial charge >= 0.3 is 5.97 Å². The van der Waals surface area contributed by atoms with Gasteiger partial charge in [0.1, 0.15) is 5.82 Å². The monoisotopic (exact) mass is 194 g/mol. The molecule has 0 atom stereocenters. The molecule has 0 saturated carbocycles. The number of carbonyl (C=O) groups excluding carboxylic acids is 1. The molecule has 0 heterocycles. The lowest BCUT2D eigenvalue weighted by Gasteiger charge is -1.98. The lowest BCUT2D eigenvalue weighted by molar-refractivity contribution is -0.135. The minimum atomic E-state index is -0.380. The predicted molar refractivity (Wildman–Crippen MR) is 52.1 cm³/mol. The van der Waals surface area contributed by atoms with Gasteiger partial charge in [-0.1, -0.05) is 12.1 Å². The highest BCUT2D eigenvalue weighted by Crippen LogP contribution is 2.08. The maximum Gasteiger partial charge on any atom is 0.333 e. The lowest BCUT2D eigenvalue weighted by atomic mass is 10.1. The second-order valence-electron chi connectivity index (χ2n) is 2.87. The third kappa shape index (κ3) is 2.69. The molecule has 3 heteroatoms. The molecular formula is C11H11FO2. The Hall–Kier alpha value is -1.64. The normalized spacial score (nSPS) is 11.2. The van der Waals surface area contributed by atoms with Gasteiger partial charge in [-0.25, -0.2) is 9.18 Å². The first-order chi connectivity index (χ1) is 6.63. The second kappa shape index (κ2) is 4.56. The summed E-state index contributed by atoms with van der Waals surface area (Å²) in [6.07, 6.45) is 1.64. The SMILES string of the molecule is COC(=O)/C(C)=C/c1ccc(F)cc1. The number of rotatable bonds is 2. The minimum Gasteiger partial charge on any atom is -0.466 e. The van der Waals surface area contributed by atoms with Crippen LogP contribution in [0.3, 0.4) is 0 Å². The van der Waals surface area contributed by atoms with E-state index in [9.17, 15) is 9.18 Å². The van der Waals surface area contributed by atoms with Gasteiger partial charge in [-0.15, -0.1) is 0 Å². The van der Waals surface area contributed by atoms with Crippen molar-refractivity contribution in [1.29, 1.82) is 0 Å². The Labute approximate surface area is 82.0 Å². The Morgan fingerprint density at radius 2 is 1.93 bits per heavy atom. The van der Waals surface area contributed by atoms with Crippen molar-refractivity contribution in [2.75, 3.05) is 7.11 Å². The average Bonchev–Trinajstić information content (AvgIpc) is 2.20. The molecule has 0 amide bonds. The van der Waals surface area contributed by atoms with Crippen molar-refractivity contribution >= 4 is 12.0 Å². The Morgan fingerprint density at radius 1 is 1.36 bits per heavy atom. The molecule has 0 radical (unpaired) electrons. The Kier molecular flexibility index (Phi) is 3.40. The van der Waals surface area contributed by atoms with Crippen molar-refractivity contribution in [2.24, 2.45) is 0 Å². The molecule has 14 heavy (non-hydrogen) atoms. The van der Waals surface area contributed by atoms with Crippen LogP contribution in [0.15, 0.2) is 29.8 Å². The summed E-state index contributed by atoms with van der Waals surface area (Å²) in [4.78, 5) is 11.0. The van der Waals surface area contributed by atoms with E-state index < -0.39 is 0 Å². The largest absolute Gasteiger partial charge is 0.466 e. The highest BCUT2D eigenvalue weighted by Gasteiger charge is 2.02. The molecule has 0 aliphatic heterocycles. The molecular weight excluding hydrogens is 183 g/mol. The number of hydrogen-bond donors (Lipinski definition) is 0. The average molecular weight is 194 g/mol. The first-order valence-electron chi connectivity index (χ1n) is 4.15. The van der Waals surface area contributed by atoms with Gasteiger partial charge in [0.2, 0.25) is 0 Å². The van der Waals surface area contributed by atoms with E-state index in [0.29, 0.717) is 5.57 Å². The minimum absolute atomic E-state index is 0.294. The van der Waals surface area contributed by atoms with Gasteiger partial charge in [-0.05, 0) is 30.7 Å². The van der Waals surface area contributed by atoms with Gasteiger partial charge in [0, 0.05) is 5.57 Å². The van der Waals surface area contributed by atoms with Crippen LogP contribution in [-0.2, 0) is 9.53 Å². The van der Waals surface area contributed by atoms with Crippen molar-refractivity contribution in [2.45, 2.75) is 6.92 Å². The van der Waals surface area contributed by atoms with Gasteiger partial charge in [-0.2, -0.15) is 0 Å². The first kappa shape index (κ1) is 10.4. The second-order valence-corrected chi connectivity index (χ2v) is 2.87. The molecule has 0 aliphatic carbocycles. The summed E-state index contributed by atoms with van der Waals surface area (Å²) >= 11 is 0. The van der Waals surface area contributed by atoms with E-state index >= 15 is 0 Å². The standard InChI is InChI=1S/C11H11FO2/c1-8(11(13)14-2)7-9-3-5-10(12)6-4-9/h3-7H,1-2H3/b8-7+. The zero-order chi connectivity index (χ0) is 10.6. The maximum absolute atomic E-state index is 12.5. The van der Waals surface area contributed by atoms with Crippen molar-refractivity contribution in [3.05, 3.63) is 41.2 Å². The number of benzene rings is 1. The third-order valence-corrected chi connectivity index (χ3v) is 1.76. The van der Waals surface area contributed by atoms with Crippen molar-refractivity contribution in [1.82, 2.24) is 0 Å². The highest BCUT2D eigenvalue weighted by atomic mass is 19.1. The summed E-state index contributed by atoms with van der Waals surface area (Å²) < 4.78 is 17.1. The fourth-order valence-electron chi connectivity index (χ4n) is 1.03. The van der Waals surface area contributed by atoms with E-state index in [2.05, 4.69) is 4.74 Å². The number of esters is 1. The van der Waals surface area contributed by atoms with E-state index in [4.69, 9.17) is 0 Å². The van der Waals surface area contributed by atoms with Crippen molar-refractivity contribution in [3.8, 4) is 0 Å². The molecule has 74 valence electrons. The van der Waals surface area contributed by atoms with Crippen LogP contribution < -0.4 is 0 Å². The Morgan fingerprint density at radius 3 is 2.43 bits per heavy atom. The highest BCUT2D eigenvalue weighted by molar-refractivity contribution is 5.92. The number of ether oxygens (including phenoxy) is 1. The van der Waals surface area contributed by atoms with Crippen molar-refractivity contribution in [3.63, 3.8) is 0 Å². The molecule has 0 bridgehead atoms. The molecule has 0 spiro atoms. The topological polar surface area (TPSA) is 26.3 Å². The number of halogens is 1.